The van der Waals surface area contributed by atoms with Gasteiger partial charge in [-0.2, -0.15) is 0 Å². The van der Waals surface area contributed by atoms with Gasteiger partial charge in [0, 0.05) is 5.56 Å². The van der Waals surface area contributed by atoms with Gasteiger partial charge in [0.25, 0.3) is 0 Å². The van der Waals surface area contributed by atoms with Crippen LogP contribution in [0.3, 0.4) is 0 Å². The van der Waals surface area contributed by atoms with Crippen molar-refractivity contribution in [2.75, 3.05) is 13.7 Å². The number of carbonyl (C=O) groups excluding carboxylic acids is 1. The Kier molecular flexibility index (Phi) is 3.70. The normalized spacial score (nSPS) is 10.2. The minimum Gasteiger partial charge on any atom is -0.496 e. The maximum atomic E-state index is 11.8. The number of methoxy groups -OCH3 is 1. The molecular formula is C13H14N2O4. The first kappa shape index (κ1) is 12.9. The molecule has 6 nitrogen and oxygen atoms in total. The Morgan fingerprint density at radius 2 is 2.00 bits per heavy atom. The zero-order valence-corrected chi connectivity index (χ0v) is 10.6. The summed E-state index contributed by atoms with van der Waals surface area (Å²) >= 11 is 0. The number of esters is 1. The van der Waals surface area contributed by atoms with Gasteiger partial charge in [0.2, 0.25) is 0 Å². The van der Waals surface area contributed by atoms with Crippen LogP contribution < -0.4 is 10.4 Å². The first-order valence-electron chi connectivity index (χ1n) is 5.80. The van der Waals surface area contributed by atoms with Gasteiger partial charge in [-0.25, -0.2) is 9.59 Å². The van der Waals surface area contributed by atoms with Gasteiger partial charge in [0.05, 0.1) is 19.4 Å². The summed E-state index contributed by atoms with van der Waals surface area (Å²) < 4.78 is 10.1. The highest BCUT2D eigenvalue weighted by atomic mass is 16.5. The van der Waals surface area contributed by atoms with Crippen LogP contribution >= 0.6 is 0 Å². The molecule has 0 aliphatic carbocycles. The molecule has 6 heteroatoms. The second kappa shape index (κ2) is 5.43. The molecule has 0 saturated heterocycles. The van der Waals surface area contributed by atoms with Crippen LogP contribution in [0.5, 0.6) is 5.75 Å². The number of carbonyl (C=O) groups is 1. The molecule has 0 saturated carbocycles. The van der Waals surface area contributed by atoms with Crippen molar-refractivity contribution in [3.05, 3.63) is 40.4 Å². The largest absolute Gasteiger partial charge is 0.496 e. The number of ether oxygens (including phenoxy) is 2. The number of para-hydroxylation sites is 1. The predicted octanol–water partition coefficient (Wildman–Crippen LogP) is 1.56. The summed E-state index contributed by atoms with van der Waals surface area (Å²) in [6, 6.07) is 7.09. The number of rotatable bonds is 4. The fraction of sp³-hybridized carbons (Fsp3) is 0.231. The number of benzene rings is 1. The summed E-state index contributed by atoms with van der Waals surface area (Å²) in [4.78, 5) is 28.3. The van der Waals surface area contributed by atoms with E-state index in [0.717, 1.165) is 0 Å². The van der Waals surface area contributed by atoms with Crippen LogP contribution in [0.4, 0.5) is 0 Å². The van der Waals surface area contributed by atoms with E-state index in [1.54, 1.807) is 31.2 Å². The smallest absolute Gasteiger partial charge is 0.357 e. The third-order valence-electron chi connectivity index (χ3n) is 2.58. The summed E-state index contributed by atoms with van der Waals surface area (Å²) in [5.41, 5.74) is 0.604. The van der Waals surface area contributed by atoms with Crippen molar-refractivity contribution >= 4 is 5.97 Å². The average Bonchev–Trinajstić information content (AvgIpc) is 2.81. The van der Waals surface area contributed by atoms with E-state index >= 15 is 0 Å². The van der Waals surface area contributed by atoms with E-state index in [0.29, 0.717) is 17.0 Å². The highest BCUT2D eigenvalue weighted by molar-refractivity contribution is 5.95. The quantitative estimate of drug-likeness (QED) is 0.819. The lowest BCUT2D eigenvalue weighted by atomic mass is 10.1. The van der Waals surface area contributed by atoms with Gasteiger partial charge in [-0.05, 0) is 19.1 Å². The Labute approximate surface area is 109 Å². The van der Waals surface area contributed by atoms with E-state index in [-0.39, 0.29) is 12.3 Å². The topological polar surface area (TPSA) is 84.2 Å². The minimum atomic E-state index is -0.582. The predicted molar refractivity (Wildman–Crippen MR) is 69.4 cm³/mol. The summed E-state index contributed by atoms with van der Waals surface area (Å²) in [7, 11) is 1.52. The third kappa shape index (κ3) is 2.52. The molecule has 100 valence electrons. The van der Waals surface area contributed by atoms with Crippen LogP contribution in [-0.2, 0) is 4.74 Å². The molecule has 1 heterocycles. The number of hydrogen-bond acceptors (Lipinski definition) is 4. The molecule has 0 aliphatic heterocycles. The molecule has 2 rings (SSSR count). The molecule has 0 amide bonds. The Morgan fingerprint density at radius 1 is 1.26 bits per heavy atom. The van der Waals surface area contributed by atoms with Crippen LogP contribution in [0.1, 0.15) is 17.4 Å². The van der Waals surface area contributed by atoms with Crippen molar-refractivity contribution in [1.29, 1.82) is 0 Å². The zero-order valence-electron chi connectivity index (χ0n) is 10.6. The summed E-state index contributed by atoms with van der Waals surface area (Å²) in [6.45, 7) is 1.93. The molecule has 1 aromatic heterocycles. The van der Waals surface area contributed by atoms with Crippen molar-refractivity contribution < 1.29 is 14.3 Å². The Morgan fingerprint density at radius 3 is 2.68 bits per heavy atom. The molecule has 0 spiro atoms. The van der Waals surface area contributed by atoms with Crippen LogP contribution in [0.15, 0.2) is 29.1 Å². The second-order valence-electron chi connectivity index (χ2n) is 3.75. The SMILES string of the molecule is CCOC(=O)c1[nH]c(=O)[nH]c1-c1ccccc1OC. The highest BCUT2D eigenvalue weighted by Crippen LogP contribution is 2.29. The molecule has 0 atom stereocenters. The number of aromatic amines is 2. The van der Waals surface area contributed by atoms with Crippen molar-refractivity contribution in [3.63, 3.8) is 0 Å². The van der Waals surface area contributed by atoms with Gasteiger partial charge in [0.1, 0.15) is 5.75 Å². The lowest BCUT2D eigenvalue weighted by Crippen LogP contribution is -2.08. The van der Waals surface area contributed by atoms with Gasteiger partial charge in [-0.3, -0.25) is 4.98 Å². The number of aromatic nitrogens is 2. The van der Waals surface area contributed by atoms with Crippen LogP contribution in [0.2, 0.25) is 0 Å². The van der Waals surface area contributed by atoms with E-state index in [4.69, 9.17) is 9.47 Å². The van der Waals surface area contributed by atoms with Crippen molar-refractivity contribution in [1.82, 2.24) is 9.97 Å². The molecule has 19 heavy (non-hydrogen) atoms. The van der Waals surface area contributed by atoms with E-state index in [1.807, 2.05) is 0 Å². The van der Waals surface area contributed by atoms with Gasteiger partial charge < -0.3 is 14.5 Å². The lowest BCUT2D eigenvalue weighted by Gasteiger charge is -2.08. The van der Waals surface area contributed by atoms with E-state index in [9.17, 15) is 9.59 Å². The summed E-state index contributed by atoms with van der Waals surface area (Å²) in [6.07, 6.45) is 0. The molecule has 0 unspecified atom stereocenters. The number of nitrogens with one attached hydrogen (secondary N) is 2. The minimum absolute atomic E-state index is 0.0938. The second-order valence-corrected chi connectivity index (χ2v) is 3.75. The van der Waals surface area contributed by atoms with Gasteiger partial charge in [0.15, 0.2) is 5.69 Å². The van der Waals surface area contributed by atoms with Crippen LogP contribution in [0.25, 0.3) is 11.3 Å². The molecular weight excluding hydrogens is 248 g/mol. The number of hydrogen-bond donors (Lipinski definition) is 2. The fourth-order valence-electron chi connectivity index (χ4n) is 1.79. The van der Waals surface area contributed by atoms with E-state index < -0.39 is 11.7 Å². The van der Waals surface area contributed by atoms with Gasteiger partial charge >= 0.3 is 11.7 Å². The molecule has 2 aromatic rings. The standard InChI is InChI=1S/C13H14N2O4/c1-3-19-12(16)11-10(14-13(17)15-11)8-6-4-5-7-9(8)18-2/h4-7H,3H2,1-2H3,(H2,14,15,17). The summed E-state index contributed by atoms with van der Waals surface area (Å²) in [5, 5.41) is 0. The third-order valence-corrected chi connectivity index (χ3v) is 2.58. The maximum absolute atomic E-state index is 11.8. The molecule has 0 aliphatic rings. The summed E-state index contributed by atoms with van der Waals surface area (Å²) in [5.74, 6) is -0.0231. The Bertz CT molecular complexity index is 642. The molecule has 1 aromatic carbocycles. The maximum Gasteiger partial charge on any atom is 0.357 e. The molecule has 0 fully saturated rings. The van der Waals surface area contributed by atoms with E-state index in [2.05, 4.69) is 9.97 Å². The average molecular weight is 262 g/mol. The van der Waals surface area contributed by atoms with Gasteiger partial charge in [-0.15, -0.1) is 0 Å². The van der Waals surface area contributed by atoms with Crippen LogP contribution in [-0.4, -0.2) is 29.7 Å². The number of H-pyrrole nitrogens is 2. The van der Waals surface area contributed by atoms with Crippen LogP contribution in [0, 0.1) is 0 Å². The first-order valence-corrected chi connectivity index (χ1v) is 5.80. The molecule has 0 bridgehead atoms. The van der Waals surface area contributed by atoms with Crippen molar-refractivity contribution in [3.8, 4) is 17.0 Å². The highest BCUT2D eigenvalue weighted by Gasteiger charge is 2.20. The number of imidazole rings is 1. The van der Waals surface area contributed by atoms with Gasteiger partial charge in [-0.1, -0.05) is 12.1 Å². The monoisotopic (exact) mass is 262 g/mol. The zero-order chi connectivity index (χ0) is 13.8. The fourth-order valence-corrected chi connectivity index (χ4v) is 1.79. The van der Waals surface area contributed by atoms with Crippen molar-refractivity contribution in [2.45, 2.75) is 6.92 Å². The van der Waals surface area contributed by atoms with E-state index in [1.165, 1.54) is 7.11 Å². The molecule has 2 N–H and O–H groups in total. The molecule has 0 radical (unpaired) electrons. The first-order chi connectivity index (χ1) is 9.17. The Hall–Kier alpha value is -2.50. The van der Waals surface area contributed by atoms with Crippen molar-refractivity contribution in [2.24, 2.45) is 0 Å². The lowest BCUT2D eigenvalue weighted by molar-refractivity contribution is 0.0521. The Balaban J connectivity index is 2.56.